The third kappa shape index (κ3) is 3.41. The SMILES string of the molecule is O=C(O)c1cccc(Nc2nc(-c3ccncc3)cc(=O)[nH]2)c1. The van der Waals surface area contributed by atoms with E-state index in [0.29, 0.717) is 11.4 Å². The number of H-pyrrole nitrogens is 1. The first-order valence-corrected chi connectivity index (χ1v) is 6.74. The van der Waals surface area contributed by atoms with Crippen molar-refractivity contribution in [3.8, 4) is 11.3 Å². The average Bonchev–Trinajstić information content (AvgIpc) is 2.55. The van der Waals surface area contributed by atoms with Crippen LogP contribution in [0, 0.1) is 0 Å². The highest BCUT2D eigenvalue weighted by atomic mass is 16.4. The number of benzene rings is 1. The molecule has 0 radical (unpaired) electrons. The van der Waals surface area contributed by atoms with Gasteiger partial charge in [0.15, 0.2) is 0 Å². The van der Waals surface area contributed by atoms with Crippen LogP contribution in [0.15, 0.2) is 59.7 Å². The molecular formula is C16H12N4O3. The number of aromatic carboxylic acids is 1. The molecule has 114 valence electrons. The van der Waals surface area contributed by atoms with E-state index in [-0.39, 0.29) is 17.1 Å². The number of aromatic nitrogens is 3. The van der Waals surface area contributed by atoms with E-state index in [2.05, 4.69) is 20.3 Å². The smallest absolute Gasteiger partial charge is 0.335 e. The van der Waals surface area contributed by atoms with Gasteiger partial charge in [0, 0.05) is 29.7 Å². The van der Waals surface area contributed by atoms with Gasteiger partial charge in [0.1, 0.15) is 0 Å². The Balaban J connectivity index is 1.95. The van der Waals surface area contributed by atoms with Crippen LogP contribution in [0.1, 0.15) is 10.4 Å². The third-order valence-corrected chi connectivity index (χ3v) is 3.09. The maximum atomic E-state index is 11.8. The van der Waals surface area contributed by atoms with Crippen LogP contribution in [-0.4, -0.2) is 26.0 Å². The number of anilines is 2. The summed E-state index contributed by atoms with van der Waals surface area (Å²) >= 11 is 0. The molecule has 0 unspecified atom stereocenters. The average molecular weight is 308 g/mol. The normalized spacial score (nSPS) is 10.3. The third-order valence-electron chi connectivity index (χ3n) is 3.09. The summed E-state index contributed by atoms with van der Waals surface area (Å²) in [5.74, 6) is -0.799. The molecule has 3 N–H and O–H groups in total. The summed E-state index contributed by atoms with van der Waals surface area (Å²) in [6.45, 7) is 0. The van der Waals surface area contributed by atoms with Gasteiger partial charge in [-0.05, 0) is 30.3 Å². The molecule has 0 saturated carbocycles. The van der Waals surface area contributed by atoms with Crippen molar-refractivity contribution >= 4 is 17.6 Å². The number of carboxylic acid groups (broad SMARTS) is 1. The van der Waals surface area contributed by atoms with Gasteiger partial charge < -0.3 is 10.4 Å². The van der Waals surface area contributed by atoms with Crippen LogP contribution < -0.4 is 10.9 Å². The quantitative estimate of drug-likeness (QED) is 0.682. The topological polar surface area (TPSA) is 108 Å². The fourth-order valence-electron chi connectivity index (χ4n) is 2.05. The number of aromatic amines is 1. The van der Waals surface area contributed by atoms with Gasteiger partial charge in [-0.3, -0.25) is 14.8 Å². The van der Waals surface area contributed by atoms with Crippen LogP contribution in [0.4, 0.5) is 11.6 Å². The fraction of sp³-hybridized carbons (Fsp3) is 0. The van der Waals surface area contributed by atoms with Gasteiger partial charge >= 0.3 is 5.97 Å². The first-order valence-electron chi connectivity index (χ1n) is 6.74. The Labute approximate surface area is 130 Å². The Kier molecular flexibility index (Phi) is 3.84. The minimum atomic E-state index is -1.03. The monoisotopic (exact) mass is 308 g/mol. The molecule has 0 atom stereocenters. The van der Waals surface area contributed by atoms with Crippen molar-refractivity contribution in [2.24, 2.45) is 0 Å². The molecule has 0 aliphatic heterocycles. The van der Waals surface area contributed by atoms with Gasteiger partial charge in [-0.25, -0.2) is 9.78 Å². The molecule has 0 aliphatic carbocycles. The van der Waals surface area contributed by atoms with Crippen molar-refractivity contribution in [3.05, 3.63) is 70.8 Å². The van der Waals surface area contributed by atoms with E-state index in [9.17, 15) is 9.59 Å². The lowest BCUT2D eigenvalue weighted by Gasteiger charge is -2.08. The highest BCUT2D eigenvalue weighted by Gasteiger charge is 2.06. The van der Waals surface area contributed by atoms with E-state index < -0.39 is 5.97 Å². The lowest BCUT2D eigenvalue weighted by Crippen LogP contribution is -2.10. The van der Waals surface area contributed by atoms with Crippen LogP contribution in [0.5, 0.6) is 0 Å². The molecule has 7 heteroatoms. The highest BCUT2D eigenvalue weighted by molar-refractivity contribution is 5.89. The number of rotatable bonds is 4. The van der Waals surface area contributed by atoms with Gasteiger partial charge in [-0.2, -0.15) is 0 Å². The molecule has 7 nitrogen and oxygen atoms in total. The maximum absolute atomic E-state index is 11.8. The molecule has 3 aromatic rings. The van der Waals surface area contributed by atoms with Crippen molar-refractivity contribution in [1.82, 2.24) is 15.0 Å². The summed E-state index contributed by atoms with van der Waals surface area (Å²) in [5, 5.41) is 11.9. The second-order valence-corrected chi connectivity index (χ2v) is 4.73. The minimum absolute atomic E-state index is 0.141. The summed E-state index contributed by atoms with van der Waals surface area (Å²) < 4.78 is 0. The van der Waals surface area contributed by atoms with E-state index in [0.717, 1.165) is 5.56 Å². The molecule has 2 aromatic heterocycles. The molecule has 0 aliphatic rings. The lowest BCUT2D eigenvalue weighted by molar-refractivity contribution is 0.0697. The molecule has 2 heterocycles. The molecule has 1 aromatic carbocycles. The first kappa shape index (κ1) is 14.5. The van der Waals surface area contributed by atoms with Crippen LogP contribution in [0.2, 0.25) is 0 Å². The van der Waals surface area contributed by atoms with Gasteiger partial charge in [0.25, 0.3) is 5.56 Å². The zero-order valence-corrected chi connectivity index (χ0v) is 11.9. The van der Waals surface area contributed by atoms with Crippen molar-refractivity contribution < 1.29 is 9.90 Å². The molecule has 0 fully saturated rings. The van der Waals surface area contributed by atoms with Crippen molar-refractivity contribution in [2.45, 2.75) is 0 Å². The molecular weight excluding hydrogens is 296 g/mol. The largest absolute Gasteiger partial charge is 0.478 e. The summed E-state index contributed by atoms with van der Waals surface area (Å²) in [6, 6.07) is 11.1. The predicted molar refractivity (Wildman–Crippen MR) is 84.8 cm³/mol. The van der Waals surface area contributed by atoms with Crippen molar-refractivity contribution in [1.29, 1.82) is 0 Å². The van der Waals surface area contributed by atoms with Gasteiger partial charge in [-0.15, -0.1) is 0 Å². The Bertz CT molecular complexity index is 906. The van der Waals surface area contributed by atoms with Crippen molar-refractivity contribution in [3.63, 3.8) is 0 Å². The number of nitrogens with one attached hydrogen (secondary N) is 2. The number of carbonyl (C=O) groups is 1. The van der Waals surface area contributed by atoms with E-state index in [1.807, 2.05) is 0 Å². The Hall–Kier alpha value is -3.48. The summed E-state index contributed by atoms with van der Waals surface area (Å²) in [4.78, 5) is 33.6. The van der Waals surface area contributed by atoms with E-state index in [1.54, 1.807) is 36.7 Å². The Morgan fingerprint density at radius 1 is 1.13 bits per heavy atom. The van der Waals surface area contributed by atoms with Crippen LogP contribution in [0.3, 0.4) is 0 Å². The standard InChI is InChI=1S/C16H12N4O3/c21-14-9-13(10-4-6-17-7-5-10)19-16(20-14)18-12-3-1-2-11(8-12)15(22)23/h1-9H,(H,22,23)(H2,18,19,20,21). The fourth-order valence-corrected chi connectivity index (χ4v) is 2.05. The summed E-state index contributed by atoms with van der Waals surface area (Å²) in [5.41, 5.74) is 1.59. The van der Waals surface area contributed by atoms with E-state index >= 15 is 0 Å². The van der Waals surface area contributed by atoms with Crippen LogP contribution in [0.25, 0.3) is 11.3 Å². The Morgan fingerprint density at radius 2 is 1.91 bits per heavy atom. The van der Waals surface area contributed by atoms with Gasteiger partial charge in [-0.1, -0.05) is 6.07 Å². The van der Waals surface area contributed by atoms with Crippen LogP contribution in [-0.2, 0) is 0 Å². The number of nitrogens with zero attached hydrogens (tertiary/aromatic N) is 2. The molecule has 0 spiro atoms. The second-order valence-electron chi connectivity index (χ2n) is 4.73. The molecule has 3 rings (SSSR count). The number of pyridine rings is 1. The number of carboxylic acids is 1. The van der Waals surface area contributed by atoms with E-state index in [1.165, 1.54) is 18.2 Å². The summed E-state index contributed by atoms with van der Waals surface area (Å²) in [6.07, 6.45) is 3.23. The van der Waals surface area contributed by atoms with E-state index in [4.69, 9.17) is 5.11 Å². The maximum Gasteiger partial charge on any atom is 0.335 e. The molecule has 0 saturated heterocycles. The highest BCUT2D eigenvalue weighted by Crippen LogP contribution is 2.18. The van der Waals surface area contributed by atoms with Gasteiger partial charge in [0.2, 0.25) is 5.95 Å². The molecule has 0 amide bonds. The van der Waals surface area contributed by atoms with Gasteiger partial charge in [0.05, 0.1) is 11.3 Å². The zero-order valence-electron chi connectivity index (χ0n) is 11.9. The Morgan fingerprint density at radius 3 is 2.65 bits per heavy atom. The summed E-state index contributed by atoms with van der Waals surface area (Å²) in [7, 11) is 0. The zero-order chi connectivity index (χ0) is 16.2. The van der Waals surface area contributed by atoms with Crippen molar-refractivity contribution in [2.75, 3.05) is 5.32 Å². The predicted octanol–water partition coefficient (Wildman–Crippen LogP) is 2.27. The first-order chi connectivity index (χ1) is 11.1. The molecule has 0 bridgehead atoms. The second kappa shape index (κ2) is 6.10. The number of hydrogen-bond donors (Lipinski definition) is 3. The minimum Gasteiger partial charge on any atom is -0.478 e. The van der Waals surface area contributed by atoms with Crippen LogP contribution >= 0.6 is 0 Å². The number of hydrogen-bond acceptors (Lipinski definition) is 5. The molecule has 23 heavy (non-hydrogen) atoms. The lowest BCUT2D eigenvalue weighted by atomic mass is 10.2.